The van der Waals surface area contributed by atoms with Crippen LogP contribution in [0.3, 0.4) is 0 Å². The minimum Gasteiger partial charge on any atom is -0.468 e. The van der Waals surface area contributed by atoms with Crippen LogP contribution in [0.1, 0.15) is 30.2 Å². The fourth-order valence-corrected chi connectivity index (χ4v) is 4.08. The average molecular weight is 348 g/mol. The predicted molar refractivity (Wildman–Crippen MR) is 94.0 cm³/mol. The molecule has 1 aliphatic heterocycles. The minimum atomic E-state index is -3.24. The second-order valence-corrected chi connectivity index (χ2v) is 8.27. The van der Waals surface area contributed by atoms with E-state index in [2.05, 4.69) is 4.90 Å². The quantitative estimate of drug-likeness (QED) is 0.772. The van der Waals surface area contributed by atoms with Crippen molar-refractivity contribution in [1.29, 1.82) is 0 Å². The van der Waals surface area contributed by atoms with Gasteiger partial charge in [-0.25, -0.2) is 8.42 Å². The number of furan rings is 1. The van der Waals surface area contributed by atoms with Gasteiger partial charge in [0.1, 0.15) is 5.76 Å². The highest BCUT2D eigenvalue weighted by Crippen LogP contribution is 2.31. The van der Waals surface area contributed by atoms with Gasteiger partial charge in [-0.15, -0.1) is 0 Å². The maximum Gasteiger partial charge on any atom is 0.211 e. The van der Waals surface area contributed by atoms with Crippen molar-refractivity contribution in [3.05, 3.63) is 60.1 Å². The van der Waals surface area contributed by atoms with Gasteiger partial charge in [-0.05, 0) is 37.1 Å². The summed E-state index contributed by atoms with van der Waals surface area (Å²) in [7, 11) is -3.24. The fourth-order valence-electron chi connectivity index (χ4n) is 3.29. The summed E-state index contributed by atoms with van der Waals surface area (Å²) in [6.45, 7) is 2.60. The molecule has 0 N–H and O–H groups in total. The lowest BCUT2D eigenvalue weighted by Gasteiger charge is -2.27. The number of nitrogens with zero attached hydrogens (tertiary/aromatic N) is 2. The van der Waals surface area contributed by atoms with Crippen molar-refractivity contribution < 1.29 is 12.8 Å². The molecule has 5 nitrogen and oxygen atoms in total. The van der Waals surface area contributed by atoms with Crippen molar-refractivity contribution in [1.82, 2.24) is 9.21 Å². The molecule has 1 fully saturated rings. The predicted octanol–water partition coefficient (Wildman–Crippen LogP) is 2.88. The van der Waals surface area contributed by atoms with Gasteiger partial charge in [0.05, 0.1) is 18.6 Å². The normalized spacial score (nSPS) is 19.2. The summed E-state index contributed by atoms with van der Waals surface area (Å²) >= 11 is 0. The number of sulfonamides is 1. The zero-order valence-corrected chi connectivity index (χ0v) is 14.8. The molecule has 1 aliphatic rings. The van der Waals surface area contributed by atoms with Gasteiger partial charge in [0, 0.05) is 19.6 Å². The molecule has 0 spiro atoms. The first kappa shape index (κ1) is 17.2. The van der Waals surface area contributed by atoms with Crippen LogP contribution in [0.25, 0.3) is 0 Å². The van der Waals surface area contributed by atoms with Gasteiger partial charge in [-0.3, -0.25) is 4.90 Å². The Morgan fingerprint density at radius 1 is 1.21 bits per heavy atom. The lowest BCUT2D eigenvalue weighted by molar-refractivity contribution is 0.211. The summed E-state index contributed by atoms with van der Waals surface area (Å²) in [4.78, 5) is 2.32. The third kappa shape index (κ3) is 4.26. The number of benzene rings is 1. The molecule has 0 saturated carbocycles. The highest BCUT2D eigenvalue weighted by Gasteiger charge is 2.29. The molecular formula is C18H24N2O3S. The van der Waals surface area contributed by atoms with Gasteiger partial charge in [0.25, 0.3) is 0 Å². The van der Waals surface area contributed by atoms with Crippen LogP contribution in [-0.4, -0.2) is 43.5 Å². The topological polar surface area (TPSA) is 53.8 Å². The first-order valence-corrected chi connectivity index (χ1v) is 10.2. The standard InChI is InChI=1S/C18H24N2O3S/c1-24(21,22)20(15-16-7-3-2-4-8-16)13-12-19-11-5-9-17(19)18-10-6-14-23-18/h2-4,6-8,10,14,17H,5,9,11-13,15H2,1H3/t17-/m1/s1. The second kappa shape index (κ2) is 7.51. The molecule has 6 heteroatoms. The Morgan fingerprint density at radius 3 is 2.67 bits per heavy atom. The van der Waals surface area contributed by atoms with E-state index in [9.17, 15) is 8.42 Å². The average Bonchev–Trinajstić information content (AvgIpc) is 3.22. The molecule has 0 radical (unpaired) electrons. The van der Waals surface area contributed by atoms with Crippen LogP contribution < -0.4 is 0 Å². The van der Waals surface area contributed by atoms with Crippen LogP contribution in [0.4, 0.5) is 0 Å². The van der Waals surface area contributed by atoms with E-state index in [1.165, 1.54) is 6.26 Å². The lowest BCUT2D eigenvalue weighted by atomic mass is 10.1. The van der Waals surface area contributed by atoms with Crippen LogP contribution in [0.2, 0.25) is 0 Å². The lowest BCUT2D eigenvalue weighted by Crippen LogP contribution is -2.37. The minimum absolute atomic E-state index is 0.262. The first-order valence-electron chi connectivity index (χ1n) is 8.30. The number of hydrogen-bond donors (Lipinski definition) is 0. The molecule has 2 aromatic rings. The van der Waals surface area contributed by atoms with Crippen molar-refractivity contribution in [3.63, 3.8) is 0 Å². The zero-order valence-electron chi connectivity index (χ0n) is 14.0. The van der Waals surface area contributed by atoms with E-state index in [0.29, 0.717) is 19.6 Å². The van der Waals surface area contributed by atoms with E-state index in [1.807, 2.05) is 42.5 Å². The maximum atomic E-state index is 12.1. The van der Waals surface area contributed by atoms with E-state index in [-0.39, 0.29) is 6.04 Å². The SMILES string of the molecule is CS(=O)(=O)N(CCN1CCC[C@@H]1c1ccco1)Cc1ccccc1. The van der Waals surface area contributed by atoms with Crippen LogP contribution >= 0.6 is 0 Å². The molecule has 1 aromatic heterocycles. The zero-order chi connectivity index (χ0) is 17.0. The third-order valence-corrected chi connectivity index (χ3v) is 5.79. The summed E-state index contributed by atoms with van der Waals surface area (Å²) in [6.07, 6.45) is 5.15. The molecular weight excluding hydrogens is 324 g/mol. The van der Waals surface area contributed by atoms with Gasteiger partial charge in [0.2, 0.25) is 10.0 Å². The molecule has 1 atom stereocenters. The van der Waals surface area contributed by atoms with E-state index in [0.717, 1.165) is 30.7 Å². The molecule has 0 unspecified atom stereocenters. The van der Waals surface area contributed by atoms with Gasteiger partial charge >= 0.3 is 0 Å². The highest BCUT2D eigenvalue weighted by molar-refractivity contribution is 7.88. The molecule has 24 heavy (non-hydrogen) atoms. The van der Waals surface area contributed by atoms with E-state index in [1.54, 1.807) is 10.6 Å². The van der Waals surface area contributed by atoms with E-state index >= 15 is 0 Å². The number of likely N-dealkylation sites (tertiary alicyclic amines) is 1. The monoisotopic (exact) mass is 348 g/mol. The molecule has 0 amide bonds. The first-order chi connectivity index (χ1) is 11.5. The van der Waals surface area contributed by atoms with Crippen LogP contribution in [0.15, 0.2) is 53.1 Å². The Kier molecular flexibility index (Phi) is 5.38. The number of hydrogen-bond acceptors (Lipinski definition) is 4. The molecule has 1 saturated heterocycles. The second-order valence-electron chi connectivity index (χ2n) is 6.29. The van der Waals surface area contributed by atoms with Crippen LogP contribution in [0, 0.1) is 0 Å². The largest absolute Gasteiger partial charge is 0.468 e. The summed E-state index contributed by atoms with van der Waals surface area (Å²) in [6, 6.07) is 13.9. The summed E-state index contributed by atoms with van der Waals surface area (Å²) in [5.74, 6) is 0.974. The smallest absolute Gasteiger partial charge is 0.211 e. The van der Waals surface area contributed by atoms with Gasteiger partial charge in [-0.2, -0.15) is 4.31 Å². The van der Waals surface area contributed by atoms with Crippen LogP contribution in [-0.2, 0) is 16.6 Å². The Labute approximate surface area is 143 Å². The van der Waals surface area contributed by atoms with Gasteiger partial charge in [0.15, 0.2) is 0 Å². The van der Waals surface area contributed by atoms with Crippen molar-refractivity contribution in [2.24, 2.45) is 0 Å². The summed E-state index contributed by atoms with van der Waals surface area (Å²) < 4.78 is 31.4. The number of rotatable bonds is 7. The molecule has 0 aliphatic carbocycles. The molecule has 130 valence electrons. The molecule has 2 heterocycles. The van der Waals surface area contributed by atoms with Crippen molar-refractivity contribution in [2.75, 3.05) is 25.9 Å². The molecule has 0 bridgehead atoms. The van der Waals surface area contributed by atoms with Crippen molar-refractivity contribution >= 4 is 10.0 Å². The third-order valence-electron chi connectivity index (χ3n) is 4.54. The Morgan fingerprint density at radius 2 is 2.00 bits per heavy atom. The Hall–Kier alpha value is -1.63. The van der Waals surface area contributed by atoms with Crippen molar-refractivity contribution in [3.8, 4) is 0 Å². The summed E-state index contributed by atoms with van der Waals surface area (Å²) in [5.41, 5.74) is 1.01. The van der Waals surface area contributed by atoms with Gasteiger partial charge in [-0.1, -0.05) is 30.3 Å². The fraction of sp³-hybridized carbons (Fsp3) is 0.444. The van der Waals surface area contributed by atoms with Gasteiger partial charge < -0.3 is 4.42 Å². The molecule has 1 aromatic carbocycles. The maximum absolute atomic E-state index is 12.1. The highest BCUT2D eigenvalue weighted by atomic mass is 32.2. The van der Waals surface area contributed by atoms with Crippen LogP contribution in [0.5, 0.6) is 0 Å². The Balaban J connectivity index is 1.65. The summed E-state index contributed by atoms with van der Waals surface area (Å²) in [5, 5.41) is 0. The Bertz CT molecular complexity index is 729. The van der Waals surface area contributed by atoms with E-state index in [4.69, 9.17) is 4.42 Å². The molecule has 3 rings (SSSR count). The van der Waals surface area contributed by atoms with E-state index < -0.39 is 10.0 Å². The van der Waals surface area contributed by atoms with Crippen molar-refractivity contribution in [2.45, 2.75) is 25.4 Å².